The molecule has 0 radical (unpaired) electrons. The maximum Gasteiger partial charge on any atom is 0.352 e. The van der Waals surface area contributed by atoms with Gasteiger partial charge in [0.2, 0.25) is 5.91 Å². The van der Waals surface area contributed by atoms with E-state index in [-0.39, 0.29) is 24.5 Å². The normalized spacial score (nSPS) is 26.7. The highest BCUT2D eigenvalue weighted by molar-refractivity contribution is 8.00. The van der Waals surface area contributed by atoms with Crippen LogP contribution in [0.2, 0.25) is 0 Å². The fourth-order valence-corrected chi connectivity index (χ4v) is 4.06. The van der Waals surface area contributed by atoms with Crippen LogP contribution in [-0.2, 0) is 19.1 Å². The Morgan fingerprint density at radius 3 is 2.82 bits per heavy atom. The molecule has 1 fully saturated rings. The van der Waals surface area contributed by atoms with E-state index < -0.39 is 28.8 Å². The molecule has 22 heavy (non-hydrogen) atoms. The van der Waals surface area contributed by atoms with Gasteiger partial charge < -0.3 is 9.84 Å². The van der Waals surface area contributed by atoms with Crippen molar-refractivity contribution in [3.63, 3.8) is 0 Å². The molecule has 9 nitrogen and oxygen atoms in total. The summed E-state index contributed by atoms with van der Waals surface area (Å²) in [7, 11) is 0. The predicted molar refractivity (Wildman–Crippen MR) is 76.6 cm³/mol. The minimum absolute atomic E-state index is 0.179. The summed E-state index contributed by atoms with van der Waals surface area (Å²) < 4.78 is 4.84. The van der Waals surface area contributed by atoms with E-state index in [1.165, 1.54) is 18.7 Å². The van der Waals surface area contributed by atoms with Crippen molar-refractivity contribution < 1.29 is 24.2 Å². The Morgan fingerprint density at radius 1 is 1.64 bits per heavy atom. The molecule has 1 saturated heterocycles. The number of aliphatic carboxylic acids is 1. The zero-order chi connectivity index (χ0) is 16.5. The van der Waals surface area contributed by atoms with Gasteiger partial charge in [0.05, 0.1) is 0 Å². The average molecular weight is 326 g/mol. The van der Waals surface area contributed by atoms with Gasteiger partial charge in [-0.2, -0.15) is 0 Å². The monoisotopic (exact) mass is 326 g/mol. The van der Waals surface area contributed by atoms with Crippen LogP contribution in [0.25, 0.3) is 10.4 Å². The number of carbonyl (C=O) groups is 3. The second-order valence-corrected chi connectivity index (χ2v) is 5.91. The minimum Gasteiger partial charge on any atom is -0.477 e. The summed E-state index contributed by atoms with van der Waals surface area (Å²) in [5, 5.41) is 12.4. The lowest BCUT2D eigenvalue weighted by Gasteiger charge is -2.55. The van der Waals surface area contributed by atoms with Crippen molar-refractivity contribution in [2.24, 2.45) is 5.11 Å². The Hall–Kier alpha value is -2.19. The van der Waals surface area contributed by atoms with E-state index >= 15 is 0 Å². The summed E-state index contributed by atoms with van der Waals surface area (Å²) >= 11 is 1.30. The molecule has 0 aromatic carbocycles. The van der Waals surface area contributed by atoms with E-state index in [1.54, 1.807) is 6.92 Å². The van der Waals surface area contributed by atoms with Crippen LogP contribution >= 0.6 is 11.8 Å². The molecular weight excluding hydrogens is 312 g/mol. The molecule has 118 valence electrons. The molecule has 0 spiro atoms. The lowest BCUT2D eigenvalue weighted by Crippen LogP contribution is -2.72. The molecule has 0 aromatic rings. The van der Waals surface area contributed by atoms with Gasteiger partial charge in [-0.1, -0.05) is 12.0 Å². The highest BCUT2D eigenvalue weighted by Gasteiger charge is 2.63. The molecular formula is C12H14N4O5S. The molecule has 2 heterocycles. The van der Waals surface area contributed by atoms with Crippen LogP contribution in [0.5, 0.6) is 0 Å². The summed E-state index contributed by atoms with van der Waals surface area (Å²) in [5.41, 5.74) is 7.59. The van der Waals surface area contributed by atoms with Gasteiger partial charge in [0, 0.05) is 23.2 Å². The van der Waals surface area contributed by atoms with Crippen molar-refractivity contribution in [1.29, 1.82) is 0 Å². The second kappa shape index (κ2) is 5.90. The molecule has 10 heteroatoms. The van der Waals surface area contributed by atoms with Crippen molar-refractivity contribution >= 4 is 29.6 Å². The number of carboxylic acid groups (broad SMARTS) is 1. The number of carboxylic acids is 1. The van der Waals surface area contributed by atoms with E-state index in [2.05, 4.69) is 10.0 Å². The lowest BCUT2D eigenvalue weighted by molar-refractivity contribution is -0.155. The fraction of sp³-hybridized carbons (Fsp3) is 0.583. The third-order valence-corrected chi connectivity index (χ3v) is 5.07. The molecule has 2 aliphatic heterocycles. The van der Waals surface area contributed by atoms with Gasteiger partial charge in [0.15, 0.2) is 5.54 Å². The Bertz CT molecular complexity index is 627. The molecule has 2 atom stereocenters. The minimum atomic E-state index is -1.27. The van der Waals surface area contributed by atoms with Crippen LogP contribution in [0.1, 0.15) is 20.3 Å². The quantitative estimate of drug-likeness (QED) is 0.266. The summed E-state index contributed by atoms with van der Waals surface area (Å²) in [6.45, 7) is 2.75. The molecule has 0 aliphatic carbocycles. The first-order chi connectivity index (χ1) is 10.4. The van der Waals surface area contributed by atoms with E-state index in [4.69, 9.17) is 10.3 Å². The van der Waals surface area contributed by atoms with Gasteiger partial charge in [-0.05, 0) is 12.0 Å². The van der Waals surface area contributed by atoms with Crippen LogP contribution in [0.3, 0.4) is 0 Å². The van der Waals surface area contributed by atoms with Crippen LogP contribution < -0.4 is 0 Å². The number of hydrogen-bond acceptors (Lipinski definition) is 6. The molecule has 0 aromatic heterocycles. The molecule has 1 unspecified atom stereocenters. The summed E-state index contributed by atoms with van der Waals surface area (Å²) in [4.78, 5) is 38.6. The Labute approximate surface area is 129 Å². The maximum absolute atomic E-state index is 12.4. The molecule has 0 saturated carbocycles. The number of carbonyl (C=O) groups excluding carboxylic acids is 2. The fourth-order valence-electron chi connectivity index (χ4n) is 2.54. The zero-order valence-electron chi connectivity index (χ0n) is 12.0. The third-order valence-electron chi connectivity index (χ3n) is 3.64. The summed E-state index contributed by atoms with van der Waals surface area (Å²) in [6.07, 6.45) is 0.288. The molecule has 1 N–H and O–H groups in total. The van der Waals surface area contributed by atoms with Gasteiger partial charge in [-0.15, -0.1) is 11.8 Å². The van der Waals surface area contributed by atoms with Crippen LogP contribution in [-0.4, -0.2) is 51.1 Å². The predicted octanol–water partition coefficient (Wildman–Crippen LogP) is 1.26. The van der Waals surface area contributed by atoms with Gasteiger partial charge in [0.1, 0.15) is 17.7 Å². The number of fused-ring (bicyclic) bond motifs is 1. The number of rotatable bonds is 5. The van der Waals surface area contributed by atoms with Crippen molar-refractivity contribution in [3.05, 3.63) is 21.7 Å². The highest BCUT2D eigenvalue weighted by atomic mass is 32.2. The number of esters is 1. The number of nitrogens with zero attached hydrogens (tertiary/aromatic N) is 4. The number of amides is 1. The van der Waals surface area contributed by atoms with Crippen LogP contribution in [0.4, 0.5) is 0 Å². The van der Waals surface area contributed by atoms with Crippen LogP contribution in [0, 0.1) is 0 Å². The first-order valence-electron chi connectivity index (χ1n) is 6.49. The SMILES string of the molecule is CCC1(N=[N+]=[N-])C(=O)N2C(C(=O)O)=C(COC(C)=O)CS[C@@H]21. The van der Waals surface area contributed by atoms with E-state index in [0.717, 1.165) is 4.90 Å². The van der Waals surface area contributed by atoms with E-state index in [1.807, 2.05) is 0 Å². The van der Waals surface area contributed by atoms with Gasteiger partial charge >= 0.3 is 11.9 Å². The highest BCUT2D eigenvalue weighted by Crippen LogP contribution is 2.49. The van der Waals surface area contributed by atoms with Gasteiger partial charge in [-0.3, -0.25) is 14.5 Å². The second-order valence-electron chi connectivity index (χ2n) is 4.84. The van der Waals surface area contributed by atoms with Gasteiger partial charge in [-0.25, -0.2) is 4.79 Å². The lowest BCUT2D eigenvalue weighted by atomic mass is 9.85. The number of hydrogen-bond donors (Lipinski definition) is 1. The molecule has 1 amide bonds. The first-order valence-corrected chi connectivity index (χ1v) is 7.54. The van der Waals surface area contributed by atoms with E-state index in [0.29, 0.717) is 5.57 Å². The smallest absolute Gasteiger partial charge is 0.352 e. The Balaban J connectivity index is 2.38. The van der Waals surface area contributed by atoms with Crippen LogP contribution in [0.15, 0.2) is 16.4 Å². The topological polar surface area (TPSA) is 133 Å². The van der Waals surface area contributed by atoms with Gasteiger partial charge in [0.25, 0.3) is 0 Å². The number of thioether (sulfide) groups is 1. The zero-order valence-corrected chi connectivity index (χ0v) is 12.8. The van der Waals surface area contributed by atoms with Crippen molar-refractivity contribution in [1.82, 2.24) is 4.90 Å². The van der Waals surface area contributed by atoms with Crippen molar-refractivity contribution in [2.45, 2.75) is 31.2 Å². The van der Waals surface area contributed by atoms with Crippen molar-refractivity contribution in [2.75, 3.05) is 12.4 Å². The summed E-state index contributed by atoms with van der Waals surface area (Å²) in [5.74, 6) is -2.06. The average Bonchev–Trinajstić information content (AvgIpc) is 2.48. The van der Waals surface area contributed by atoms with E-state index in [9.17, 15) is 19.5 Å². The number of azide groups is 1. The molecule has 2 rings (SSSR count). The summed E-state index contributed by atoms with van der Waals surface area (Å²) in [6, 6.07) is 0. The maximum atomic E-state index is 12.4. The first kappa shape index (κ1) is 16.2. The third kappa shape index (κ3) is 2.30. The standard InChI is InChI=1S/C12H14N4O5S/c1-3-12(14-15-13)10(20)16-8(9(18)19)7(4-21-6(2)17)5-22-11(12)16/h11H,3-5H2,1-2H3,(H,18,19)/t11-,12?/m1/s1. The molecule has 0 bridgehead atoms. The number of ether oxygens (including phenoxy) is 1. The molecule has 2 aliphatic rings. The Morgan fingerprint density at radius 2 is 2.32 bits per heavy atom. The Kier molecular flexibility index (Phi) is 4.34. The number of β-lactam (4-membered cyclic amide) rings is 1. The largest absolute Gasteiger partial charge is 0.477 e. The van der Waals surface area contributed by atoms with Crippen molar-refractivity contribution in [3.8, 4) is 0 Å².